The first-order valence-electron chi connectivity index (χ1n) is 4.52. The molecule has 17 heavy (non-hydrogen) atoms. The third-order valence-electron chi connectivity index (χ3n) is 1.83. The van der Waals surface area contributed by atoms with Gasteiger partial charge in [0, 0.05) is 12.1 Å². The minimum atomic E-state index is -1.73. The predicted molar refractivity (Wildman–Crippen MR) is 54.7 cm³/mol. The number of carboxylic acid groups (broad SMARTS) is 1. The number of aliphatic hydroxyl groups is 1. The van der Waals surface area contributed by atoms with Crippen LogP contribution in [0.2, 0.25) is 0 Å². The molecule has 1 unspecified atom stereocenters. The van der Waals surface area contributed by atoms with Gasteiger partial charge in [0.2, 0.25) is 0 Å². The second-order valence-corrected chi connectivity index (χ2v) is 3.18. The Hall–Kier alpha value is -2.35. The van der Waals surface area contributed by atoms with Crippen molar-refractivity contribution < 1.29 is 24.9 Å². The summed E-state index contributed by atoms with van der Waals surface area (Å²) in [6.07, 6.45) is -1.73. The van der Waals surface area contributed by atoms with Crippen LogP contribution in [0.25, 0.3) is 0 Å². The fourth-order valence-electron chi connectivity index (χ4n) is 1.04. The molecule has 0 aromatic carbocycles. The summed E-state index contributed by atoms with van der Waals surface area (Å²) >= 11 is 0. The van der Waals surface area contributed by atoms with Gasteiger partial charge in [-0.3, -0.25) is 14.6 Å². The van der Waals surface area contributed by atoms with E-state index in [0.29, 0.717) is 0 Å². The van der Waals surface area contributed by atoms with E-state index in [1.165, 1.54) is 0 Å². The van der Waals surface area contributed by atoms with Gasteiger partial charge in [-0.1, -0.05) is 0 Å². The highest BCUT2D eigenvalue weighted by Gasteiger charge is 2.15. The van der Waals surface area contributed by atoms with Gasteiger partial charge in [0.25, 0.3) is 11.5 Å². The van der Waals surface area contributed by atoms with E-state index in [2.05, 4.69) is 5.32 Å². The topological polar surface area (TPSA) is 140 Å². The lowest BCUT2D eigenvalue weighted by molar-refractivity contribution is -0.146. The monoisotopic (exact) mass is 242 g/mol. The lowest BCUT2D eigenvalue weighted by Gasteiger charge is -2.07. The summed E-state index contributed by atoms with van der Waals surface area (Å²) in [6.45, 7) is -0.498. The highest BCUT2D eigenvalue weighted by Crippen LogP contribution is 2.03. The molecule has 92 valence electrons. The molecule has 0 saturated carbocycles. The van der Waals surface area contributed by atoms with Crippen LogP contribution in [-0.4, -0.2) is 44.8 Å². The summed E-state index contributed by atoms with van der Waals surface area (Å²) in [5.74, 6) is -2.73. The number of rotatable bonds is 4. The molecule has 0 radical (unpaired) electrons. The van der Waals surface area contributed by atoms with Crippen LogP contribution < -0.4 is 10.9 Å². The van der Waals surface area contributed by atoms with E-state index in [1.54, 1.807) is 0 Å². The van der Waals surface area contributed by atoms with Crippen LogP contribution >= 0.6 is 0 Å². The maximum Gasteiger partial charge on any atom is 0.334 e. The van der Waals surface area contributed by atoms with Crippen LogP contribution in [0.5, 0.6) is 5.88 Å². The number of carboxylic acids is 1. The van der Waals surface area contributed by atoms with Crippen LogP contribution in [0, 0.1) is 0 Å². The number of aromatic hydroxyl groups is 1. The Bertz CT molecular complexity index is 495. The number of hydrogen-bond donors (Lipinski definition) is 5. The Labute approximate surface area is 94.5 Å². The lowest BCUT2D eigenvalue weighted by Crippen LogP contribution is -2.36. The number of aliphatic carboxylic acids is 1. The zero-order valence-electron chi connectivity index (χ0n) is 8.51. The molecule has 1 rings (SSSR count). The Morgan fingerprint density at radius 3 is 2.59 bits per heavy atom. The van der Waals surface area contributed by atoms with E-state index in [0.717, 1.165) is 12.1 Å². The van der Waals surface area contributed by atoms with Crippen molar-refractivity contribution in [2.45, 2.75) is 6.10 Å². The summed E-state index contributed by atoms with van der Waals surface area (Å²) in [5, 5.41) is 28.4. The fraction of sp³-hybridized carbons (Fsp3) is 0.222. The number of aliphatic hydroxyl groups excluding tert-OH is 1. The zero-order valence-corrected chi connectivity index (χ0v) is 8.51. The van der Waals surface area contributed by atoms with Gasteiger partial charge < -0.3 is 20.6 Å². The standard InChI is InChI=1S/C9H10N2O6/c12-5(9(16)17)3-10-8(15)4-1-6(13)11-7(14)2-4/h1-2,5,12H,3H2,(H,10,15)(H,16,17)(H2,11,13,14). The molecule has 0 spiro atoms. The minimum Gasteiger partial charge on any atom is -0.494 e. The summed E-state index contributed by atoms with van der Waals surface area (Å²) in [7, 11) is 0. The van der Waals surface area contributed by atoms with Gasteiger partial charge in [-0.2, -0.15) is 0 Å². The van der Waals surface area contributed by atoms with Crippen molar-refractivity contribution in [1.29, 1.82) is 0 Å². The fourth-order valence-corrected chi connectivity index (χ4v) is 1.04. The number of H-pyrrole nitrogens is 1. The normalized spacial score (nSPS) is 11.8. The maximum absolute atomic E-state index is 11.4. The molecule has 1 aromatic rings. The number of amides is 1. The first-order chi connectivity index (χ1) is 7.90. The van der Waals surface area contributed by atoms with Crippen LogP contribution in [0.15, 0.2) is 16.9 Å². The molecule has 1 amide bonds. The maximum atomic E-state index is 11.4. The van der Waals surface area contributed by atoms with E-state index in [9.17, 15) is 14.4 Å². The lowest BCUT2D eigenvalue weighted by atomic mass is 10.2. The average molecular weight is 242 g/mol. The molecule has 1 atom stereocenters. The Kier molecular flexibility index (Phi) is 3.83. The van der Waals surface area contributed by atoms with Crippen molar-refractivity contribution in [2.24, 2.45) is 0 Å². The number of nitrogens with one attached hydrogen (secondary N) is 2. The van der Waals surface area contributed by atoms with Crippen molar-refractivity contribution in [3.63, 3.8) is 0 Å². The second-order valence-electron chi connectivity index (χ2n) is 3.18. The number of pyridine rings is 1. The molecule has 0 fully saturated rings. The van der Waals surface area contributed by atoms with Crippen molar-refractivity contribution in [2.75, 3.05) is 6.54 Å². The largest absolute Gasteiger partial charge is 0.494 e. The number of carbonyl (C=O) groups excluding carboxylic acids is 1. The van der Waals surface area contributed by atoms with Crippen LogP contribution in [0.1, 0.15) is 10.4 Å². The van der Waals surface area contributed by atoms with E-state index in [1.807, 2.05) is 4.98 Å². The van der Waals surface area contributed by atoms with E-state index < -0.39 is 36.0 Å². The molecule has 8 heteroatoms. The molecule has 0 aliphatic heterocycles. The third-order valence-corrected chi connectivity index (χ3v) is 1.83. The van der Waals surface area contributed by atoms with Gasteiger partial charge in [-0.15, -0.1) is 0 Å². The number of aromatic amines is 1. The predicted octanol–water partition coefficient (Wildman–Crippen LogP) is -1.74. The van der Waals surface area contributed by atoms with Crippen LogP contribution in [0.3, 0.4) is 0 Å². The Morgan fingerprint density at radius 1 is 1.41 bits per heavy atom. The second kappa shape index (κ2) is 5.12. The Balaban J connectivity index is 2.70. The molecule has 0 aliphatic carbocycles. The van der Waals surface area contributed by atoms with Gasteiger partial charge in [0.1, 0.15) is 0 Å². The van der Waals surface area contributed by atoms with Gasteiger partial charge >= 0.3 is 5.97 Å². The van der Waals surface area contributed by atoms with Crippen LogP contribution in [0.4, 0.5) is 0 Å². The molecular formula is C9H10N2O6. The molecule has 0 bridgehead atoms. The zero-order chi connectivity index (χ0) is 13.0. The van der Waals surface area contributed by atoms with E-state index >= 15 is 0 Å². The molecule has 8 nitrogen and oxygen atoms in total. The number of carbonyl (C=O) groups is 2. The SMILES string of the molecule is O=C(NCC(O)C(=O)O)c1cc(O)[nH]c(=O)c1. The number of hydrogen-bond acceptors (Lipinski definition) is 5. The van der Waals surface area contributed by atoms with Crippen LogP contribution in [-0.2, 0) is 4.79 Å². The summed E-state index contributed by atoms with van der Waals surface area (Å²) in [6, 6.07) is 1.94. The van der Waals surface area contributed by atoms with Gasteiger partial charge in [0.05, 0.1) is 12.1 Å². The summed E-state index contributed by atoms with van der Waals surface area (Å²) < 4.78 is 0. The van der Waals surface area contributed by atoms with E-state index in [-0.39, 0.29) is 5.56 Å². The smallest absolute Gasteiger partial charge is 0.334 e. The third kappa shape index (κ3) is 3.61. The average Bonchev–Trinajstić information content (AvgIpc) is 2.23. The highest BCUT2D eigenvalue weighted by molar-refractivity contribution is 5.94. The molecule has 5 N–H and O–H groups in total. The number of aromatic nitrogens is 1. The molecular weight excluding hydrogens is 232 g/mol. The first kappa shape index (κ1) is 12.7. The van der Waals surface area contributed by atoms with Crippen molar-refractivity contribution >= 4 is 11.9 Å². The van der Waals surface area contributed by atoms with Gasteiger partial charge in [-0.05, 0) is 0 Å². The Morgan fingerprint density at radius 2 is 2.06 bits per heavy atom. The van der Waals surface area contributed by atoms with Crippen molar-refractivity contribution in [3.05, 3.63) is 28.0 Å². The highest BCUT2D eigenvalue weighted by atomic mass is 16.4. The summed E-state index contributed by atoms with van der Waals surface area (Å²) in [5.41, 5.74) is -0.808. The minimum absolute atomic E-state index is 0.135. The van der Waals surface area contributed by atoms with Crippen molar-refractivity contribution in [3.8, 4) is 5.88 Å². The first-order valence-corrected chi connectivity index (χ1v) is 4.52. The molecule has 0 aliphatic rings. The molecule has 1 heterocycles. The molecule has 1 aromatic heterocycles. The summed E-state index contributed by atoms with van der Waals surface area (Å²) in [4.78, 5) is 34.6. The van der Waals surface area contributed by atoms with Gasteiger partial charge in [0.15, 0.2) is 12.0 Å². The van der Waals surface area contributed by atoms with Gasteiger partial charge in [-0.25, -0.2) is 4.79 Å². The van der Waals surface area contributed by atoms with Crippen molar-refractivity contribution in [1.82, 2.24) is 10.3 Å². The van der Waals surface area contributed by atoms with E-state index in [4.69, 9.17) is 15.3 Å². The molecule has 0 saturated heterocycles. The quantitative estimate of drug-likeness (QED) is 0.424.